The van der Waals surface area contributed by atoms with E-state index in [1.54, 1.807) is 36.4 Å². The summed E-state index contributed by atoms with van der Waals surface area (Å²) >= 11 is 0. The van der Waals surface area contributed by atoms with E-state index in [9.17, 15) is 14.4 Å². The first-order chi connectivity index (χ1) is 18.1. The molecule has 0 atom stereocenters. The van der Waals surface area contributed by atoms with Crippen LogP contribution in [-0.4, -0.2) is 51.5 Å². The van der Waals surface area contributed by atoms with E-state index >= 15 is 0 Å². The monoisotopic (exact) mass is 520 g/mol. The lowest BCUT2D eigenvalue weighted by molar-refractivity contribution is -0.121. The van der Waals surface area contributed by atoms with Crippen molar-refractivity contribution in [1.29, 1.82) is 5.41 Å². The molecule has 0 spiro atoms. The van der Waals surface area contributed by atoms with E-state index in [1.165, 1.54) is 16.8 Å². The fourth-order valence-corrected chi connectivity index (χ4v) is 3.65. The fraction of sp³-hybridized carbons (Fsp3) is 0.269. The predicted octanol–water partition coefficient (Wildman–Crippen LogP) is 0.635. The summed E-state index contributed by atoms with van der Waals surface area (Å²) in [4.78, 5) is 43.0. The summed E-state index contributed by atoms with van der Waals surface area (Å²) in [5.41, 5.74) is 13.6. The first-order valence-corrected chi connectivity index (χ1v) is 12.0. The molecular formula is C26H32N8O4. The number of aromatic nitrogens is 2. The van der Waals surface area contributed by atoms with E-state index in [2.05, 4.69) is 20.9 Å². The summed E-state index contributed by atoms with van der Waals surface area (Å²) in [6.45, 7) is 3.47. The molecule has 2 amide bonds. The summed E-state index contributed by atoms with van der Waals surface area (Å²) in [6, 6.07) is 11.4. The van der Waals surface area contributed by atoms with Gasteiger partial charge in [-0.25, -0.2) is 4.98 Å². The SMILES string of the molecule is CC(C)Nc1ncc(-c2cc(N)cc(C(=O)NCCO)c2)n(CC(=O)NCc2ccc(C(=N)N)cc2)c1=O. The Balaban J connectivity index is 1.93. The number of carbonyl (C=O) groups excluding carboxylic acids is 2. The second kappa shape index (κ2) is 12.5. The van der Waals surface area contributed by atoms with Crippen molar-refractivity contribution >= 4 is 29.2 Å². The third-order valence-electron chi connectivity index (χ3n) is 5.45. The summed E-state index contributed by atoms with van der Waals surface area (Å²) < 4.78 is 1.27. The molecule has 12 heteroatoms. The number of anilines is 2. The van der Waals surface area contributed by atoms with E-state index in [4.69, 9.17) is 22.0 Å². The van der Waals surface area contributed by atoms with E-state index < -0.39 is 17.4 Å². The highest BCUT2D eigenvalue weighted by atomic mass is 16.3. The number of hydrogen-bond donors (Lipinski definition) is 7. The highest BCUT2D eigenvalue weighted by Crippen LogP contribution is 2.23. The van der Waals surface area contributed by atoms with Crippen LogP contribution in [0.2, 0.25) is 0 Å². The van der Waals surface area contributed by atoms with Crippen LogP contribution in [0.3, 0.4) is 0 Å². The second-order valence-electron chi connectivity index (χ2n) is 8.89. The van der Waals surface area contributed by atoms with Crippen LogP contribution < -0.4 is 33.0 Å². The number of aliphatic hydroxyl groups is 1. The maximum atomic E-state index is 13.3. The molecular weight excluding hydrogens is 488 g/mol. The molecule has 1 heterocycles. The fourth-order valence-electron chi connectivity index (χ4n) is 3.65. The third kappa shape index (κ3) is 7.17. The van der Waals surface area contributed by atoms with Gasteiger partial charge in [0.1, 0.15) is 12.4 Å². The number of nitrogen functional groups attached to an aromatic ring is 2. The molecule has 200 valence electrons. The number of benzene rings is 2. The molecule has 1 aromatic heterocycles. The van der Waals surface area contributed by atoms with Crippen LogP contribution in [0.4, 0.5) is 11.5 Å². The van der Waals surface area contributed by atoms with Gasteiger partial charge in [0, 0.05) is 41.5 Å². The second-order valence-corrected chi connectivity index (χ2v) is 8.89. The van der Waals surface area contributed by atoms with Gasteiger partial charge in [-0.05, 0) is 37.6 Å². The molecule has 0 fully saturated rings. The number of nitrogens with zero attached hydrogens (tertiary/aromatic N) is 2. The van der Waals surface area contributed by atoms with Crippen molar-refractivity contribution in [3.8, 4) is 11.3 Å². The Bertz CT molecular complexity index is 1380. The van der Waals surface area contributed by atoms with Gasteiger partial charge in [0.25, 0.3) is 11.5 Å². The maximum absolute atomic E-state index is 13.3. The van der Waals surface area contributed by atoms with Crippen molar-refractivity contribution in [3.63, 3.8) is 0 Å². The van der Waals surface area contributed by atoms with Crippen LogP contribution in [0.15, 0.2) is 53.5 Å². The first-order valence-electron chi connectivity index (χ1n) is 12.0. The standard InChI is InChI=1S/C26H32N8O4/c1-15(2)33-24-26(38)34(14-22(36)31-12-16-3-5-17(6-4-16)23(28)29)21(13-32-24)18-9-19(11-20(27)10-18)25(37)30-7-8-35/h3-6,9-11,13,15,35H,7-8,12,14,27H2,1-2H3,(H3,28,29)(H,30,37)(H,31,36)(H,32,33). The van der Waals surface area contributed by atoms with Gasteiger partial charge in [-0.1, -0.05) is 24.3 Å². The van der Waals surface area contributed by atoms with Gasteiger partial charge in [-0.2, -0.15) is 0 Å². The van der Waals surface area contributed by atoms with Gasteiger partial charge in [-0.15, -0.1) is 0 Å². The average Bonchev–Trinajstić information content (AvgIpc) is 2.88. The summed E-state index contributed by atoms with van der Waals surface area (Å²) in [5, 5.41) is 24.8. The number of aliphatic hydroxyl groups excluding tert-OH is 1. The van der Waals surface area contributed by atoms with Crippen LogP contribution in [-0.2, 0) is 17.9 Å². The normalized spacial score (nSPS) is 10.7. The van der Waals surface area contributed by atoms with Crippen molar-refractivity contribution in [2.45, 2.75) is 33.0 Å². The Morgan fingerprint density at radius 1 is 1.11 bits per heavy atom. The highest BCUT2D eigenvalue weighted by Gasteiger charge is 2.17. The molecule has 0 aliphatic carbocycles. The zero-order valence-electron chi connectivity index (χ0n) is 21.2. The lowest BCUT2D eigenvalue weighted by atomic mass is 10.1. The molecule has 0 bridgehead atoms. The van der Waals surface area contributed by atoms with Gasteiger partial charge in [-0.3, -0.25) is 24.4 Å². The number of rotatable bonds is 11. The number of carbonyl (C=O) groups is 2. The molecule has 38 heavy (non-hydrogen) atoms. The Labute approximate surface area is 219 Å². The molecule has 0 aliphatic heterocycles. The van der Waals surface area contributed by atoms with Crippen molar-refractivity contribution in [2.24, 2.45) is 5.73 Å². The van der Waals surface area contributed by atoms with Crippen molar-refractivity contribution in [1.82, 2.24) is 20.2 Å². The zero-order valence-corrected chi connectivity index (χ0v) is 21.2. The lowest BCUT2D eigenvalue weighted by Crippen LogP contribution is -2.35. The van der Waals surface area contributed by atoms with E-state index in [0.29, 0.717) is 16.8 Å². The molecule has 0 saturated heterocycles. The number of hydrogen-bond acceptors (Lipinski definition) is 8. The molecule has 0 radical (unpaired) electrons. The molecule has 0 unspecified atom stereocenters. The Morgan fingerprint density at radius 2 is 1.82 bits per heavy atom. The van der Waals surface area contributed by atoms with Crippen molar-refractivity contribution < 1.29 is 14.7 Å². The van der Waals surface area contributed by atoms with Crippen LogP contribution in [0.25, 0.3) is 11.3 Å². The van der Waals surface area contributed by atoms with Gasteiger partial charge >= 0.3 is 0 Å². The smallest absolute Gasteiger partial charge is 0.294 e. The first kappa shape index (κ1) is 27.9. The highest BCUT2D eigenvalue weighted by molar-refractivity contribution is 5.96. The number of amides is 2. The third-order valence-corrected chi connectivity index (χ3v) is 5.45. The van der Waals surface area contributed by atoms with Crippen LogP contribution in [0, 0.1) is 5.41 Å². The molecule has 12 nitrogen and oxygen atoms in total. The zero-order chi connectivity index (χ0) is 27.8. The largest absolute Gasteiger partial charge is 0.399 e. The topological polar surface area (TPSA) is 201 Å². The number of nitrogens with one attached hydrogen (secondary N) is 4. The van der Waals surface area contributed by atoms with Crippen LogP contribution in [0.1, 0.15) is 35.3 Å². The van der Waals surface area contributed by atoms with E-state index in [-0.39, 0.29) is 55.2 Å². The minimum atomic E-state index is -0.508. The van der Waals surface area contributed by atoms with Gasteiger partial charge in [0.05, 0.1) is 18.5 Å². The van der Waals surface area contributed by atoms with E-state index in [1.807, 2.05) is 13.8 Å². The van der Waals surface area contributed by atoms with Crippen molar-refractivity contribution in [2.75, 3.05) is 24.2 Å². The molecule has 3 rings (SSSR count). The van der Waals surface area contributed by atoms with Crippen molar-refractivity contribution in [3.05, 3.63) is 75.7 Å². The molecule has 0 aliphatic rings. The minimum Gasteiger partial charge on any atom is -0.399 e. The lowest BCUT2D eigenvalue weighted by Gasteiger charge is -2.17. The summed E-state index contributed by atoms with van der Waals surface area (Å²) in [6.07, 6.45) is 1.45. The Kier molecular flexibility index (Phi) is 9.17. The molecule has 3 aromatic rings. The van der Waals surface area contributed by atoms with Gasteiger partial charge in [0.2, 0.25) is 5.91 Å². The number of nitrogens with two attached hydrogens (primary N) is 2. The minimum absolute atomic E-state index is 0.0495. The van der Waals surface area contributed by atoms with E-state index in [0.717, 1.165) is 5.56 Å². The Morgan fingerprint density at radius 3 is 2.45 bits per heavy atom. The van der Waals surface area contributed by atoms with Crippen LogP contribution >= 0.6 is 0 Å². The summed E-state index contributed by atoms with van der Waals surface area (Å²) in [7, 11) is 0. The number of amidine groups is 1. The molecule has 0 saturated carbocycles. The molecule has 9 N–H and O–H groups in total. The Hall–Kier alpha value is -4.71. The average molecular weight is 521 g/mol. The summed E-state index contributed by atoms with van der Waals surface area (Å²) in [5.74, 6) is -0.829. The predicted molar refractivity (Wildman–Crippen MR) is 146 cm³/mol. The van der Waals surface area contributed by atoms with Gasteiger partial charge < -0.3 is 32.5 Å². The van der Waals surface area contributed by atoms with Gasteiger partial charge in [0.15, 0.2) is 5.82 Å². The maximum Gasteiger partial charge on any atom is 0.294 e. The quantitative estimate of drug-likeness (QED) is 0.108. The molecule has 2 aromatic carbocycles. The van der Waals surface area contributed by atoms with Crippen LogP contribution in [0.5, 0.6) is 0 Å².